The van der Waals surface area contributed by atoms with Crippen molar-refractivity contribution < 1.29 is 4.79 Å². The molecule has 0 unspecified atom stereocenters. The normalized spacial score (nSPS) is 26.8. The fourth-order valence-electron chi connectivity index (χ4n) is 4.39. The summed E-state index contributed by atoms with van der Waals surface area (Å²) >= 11 is 0. The van der Waals surface area contributed by atoms with Crippen LogP contribution in [-0.2, 0) is 10.3 Å². The van der Waals surface area contributed by atoms with Crippen LogP contribution in [0.3, 0.4) is 0 Å². The van der Waals surface area contributed by atoms with E-state index in [0.717, 1.165) is 39.0 Å². The SMILES string of the molecule is O=C(N1CCC2(CCC2)C1)C1(n2cccn2)CCNCC1. The summed E-state index contributed by atoms with van der Waals surface area (Å²) in [6.07, 6.45) is 10.6. The fraction of sp³-hybridized carbons (Fsp3) is 0.750. The van der Waals surface area contributed by atoms with E-state index < -0.39 is 5.54 Å². The monoisotopic (exact) mass is 288 g/mol. The highest BCUT2D eigenvalue weighted by Crippen LogP contribution is 2.48. The molecule has 114 valence electrons. The highest BCUT2D eigenvalue weighted by molar-refractivity contribution is 5.85. The lowest BCUT2D eigenvalue weighted by Crippen LogP contribution is -2.55. The van der Waals surface area contributed by atoms with E-state index in [9.17, 15) is 4.79 Å². The van der Waals surface area contributed by atoms with Gasteiger partial charge in [0, 0.05) is 25.5 Å². The molecule has 0 atom stereocenters. The third-order valence-electron chi connectivity index (χ3n) is 5.91. The molecule has 3 heterocycles. The van der Waals surface area contributed by atoms with E-state index in [1.165, 1.54) is 25.7 Å². The number of carbonyl (C=O) groups excluding carboxylic acids is 1. The third-order valence-corrected chi connectivity index (χ3v) is 5.91. The lowest BCUT2D eigenvalue weighted by atomic mass is 9.68. The van der Waals surface area contributed by atoms with Crippen LogP contribution in [0.25, 0.3) is 0 Å². The van der Waals surface area contributed by atoms with Crippen molar-refractivity contribution in [3.63, 3.8) is 0 Å². The number of aromatic nitrogens is 2. The minimum absolute atomic E-state index is 0.302. The summed E-state index contributed by atoms with van der Waals surface area (Å²) in [4.78, 5) is 15.4. The number of amides is 1. The second kappa shape index (κ2) is 4.83. The maximum atomic E-state index is 13.3. The van der Waals surface area contributed by atoms with Crippen molar-refractivity contribution in [3.8, 4) is 0 Å². The topological polar surface area (TPSA) is 50.2 Å². The Morgan fingerprint density at radius 3 is 2.52 bits per heavy atom. The summed E-state index contributed by atoms with van der Waals surface area (Å²) in [5, 5.41) is 7.79. The molecule has 1 spiro atoms. The summed E-state index contributed by atoms with van der Waals surface area (Å²) in [7, 11) is 0. The van der Waals surface area contributed by atoms with Crippen LogP contribution < -0.4 is 5.32 Å². The Morgan fingerprint density at radius 2 is 1.95 bits per heavy atom. The Labute approximate surface area is 125 Å². The van der Waals surface area contributed by atoms with Gasteiger partial charge in [0.1, 0.15) is 5.54 Å². The van der Waals surface area contributed by atoms with E-state index in [0.29, 0.717) is 11.3 Å². The van der Waals surface area contributed by atoms with Crippen molar-refractivity contribution in [2.45, 2.75) is 44.1 Å². The molecule has 1 aliphatic carbocycles. The van der Waals surface area contributed by atoms with Gasteiger partial charge in [-0.2, -0.15) is 5.10 Å². The maximum absolute atomic E-state index is 13.3. The zero-order chi connectivity index (χ0) is 14.3. The average Bonchev–Trinajstić information content (AvgIpc) is 3.16. The van der Waals surface area contributed by atoms with Crippen LogP contribution in [0.15, 0.2) is 18.5 Å². The van der Waals surface area contributed by atoms with Gasteiger partial charge in [0.2, 0.25) is 0 Å². The van der Waals surface area contributed by atoms with Crippen LogP contribution in [0, 0.1) is 5.41 Å². The average molecular weight is 288 g/mol. The number of hydrogen-bond acceptors (Lipinski definition) is 3. The first kappa shape index (κ1) is 13.3. The van der Waals surface area contributed by atoms with Crippen LogP contribution in [-0.4, -0.2) is 46.8 Å². The molecule has 3 fully saturated rings. The van der Waals surface area contributed by atoms with Crippen LogP contribution in [0.1, 0.15) is 38.5 Å². The molecule has 0 radical (unpaired) electrons. The lowest BCUT2D eigenvalue weighted by molar-refractivity contribution is -0.142. The van der Waals surface area contributed by atoms with Crippen molar-refractivity contribution in [2.75, 3.05) is 26.2 Å². The van der Waals surface area contributed by atoms with Crippen LogP contribution >= 0.6 is 0 Å². The van der Waals surface area contributed by atoms with E-state index in [4.69, 9.17) is 0 Å². The van der Waals surface area contributed by atoms with E-state index in [-0.39, 0.29) is 0 Å². The highest BCUT2D eigenvalue weighted by Gasteiger charge is 2.50. The van der Waals surface area contributed by atoms with Gasteiger partial charge in [-0.3, -0.25) is 9.48 Å². The quantitative estimate of drug-likeness (QED) is 0.894. The predicted octanol–water partition coefficient (Wildman–Crippen LogP) is 1.36. The van der Waals surface area contributed by atoms with Crippen LogP contribution in [0.4, 0.5) is 0 Å². The zero-order valence-corrected chi connectivity index (χ0v) is 12.6. The molecule has 5 nitrogen and oxygen atoms in total. The summed E-state index contributed by atoms with van der Waals surface area (Å²) in [5.41, 5.74) is 0.0118. The van der Waals surface area contributed by atoms with Gasteiger partial charge in [-0.25, -0.2) is 0 Å². The number of hydrogen-bond donors (Lipinski definition) is 1. The Bertz CT molecular complexity index is 514. The molecule has 4 rings (SSSR count). The van der Waals surface area contributed by atoms with E-state index >= 15 is 0 Å². The van der Waals surface area contributed by atoms with Crippen molar-refractivity contribution >= 4 is 5.91 Å². The van der Waals surface area contributed by atoms with Crippen molar-refractivity contribution in [3.05, 3.63) is 18.5 Å². The number of rotatable bonds is 2. The number of piperidine rings is 1. The van der Waals surface area contributed by atoms with Crippen LogP contribution in [0.2, 0.25) is 0 Å². The summed E-state index contributed by atoms with van der Waals surface area (Å²) in [6, 6.07) is 1.93. The molecule has 0 bridgehead atoms. The zero-order valence-electron chi connectivity index (χ0n) is 12.6. The van der Waals surface area contributed by atoms with Gasteiger partial charge < -0.3 is 10.2 Å². The second-order valence-electron chi connectivity index (χ2n) is 7.06. The first-order valence-corrected chi connectivity index (χ1v) is 8.25. The Morgan fingerprint density at radius 1 is 1.14 bits per heavy atom. The van der Waals surface area contributed by atoms with Crippen molar-refractivity contribution in [1.82, 2.24) is 20.0 Å². The van der Waals surface area contributed by atoms with Gasteiger partial charge in [0.25, 0.3) is 5.91 Å². The number of likely N-dealkylation sites (tertiary alicyclic amines) is 1. The number of carbonyl (C=O) groups is 1. The molecule has 2 saturated heterocycles. The molecular weight excluding hydrogens is 264 g/mol. The number of nitrogens with zero attached hydrogens (tertiary/aromatic N) is 3. The Kier molecular flexibility index (Phi) is 3.06. The smallest absolute Gasteiger partial charge is 0.250 e. The van der Waals surface area contributed by atoms with Gasteiger partial charge in [0.15, 0.2) is 0 Å². The molecule has 3 aliphatic rings. The summed E-state index contributed by atoms with van der Waals surface area (Å²) in [6.45, 7) is 3.70. The minimum Gasteiger partial charge on any atom is -0.340 e. The van der Waals surface area contributed by atoms with Gasteiger partial charge >= 0.3 is 0 Å². The van der Waals surface area contributed by atoms with E-state index in [1.807, 2.05) is 16.9 Å². The van der Waals surface area contributed by atoms with Crippen LogP contribution in [0.5, 0.6) is 0 Å². The molecule has 1 aromatic heterocycles. The molecule has 1 amide bonds. The number of nitrogens with one attached hydrogen (secondary N) is 1. The first-order valence-electron chi connectivity index (χ1n) is 8.25. The first-order chi connectivity index (χ1) is 10.2. The largest absolute Gasteiger partial charge is 0.340 e. The Hall–Kier alpha value is -1.36. The maximum Gasteiger partial charge on any atom is 0.250 e. The van der Waals surface area contributed by atoms with Gasteiger partial charge in [0.05, 0.1) is 0 Å². The summed E-state index contributed by atoms with van der Waals surface area (Å²) < 4.78 is 1.92. The molecule has 1 N–H and O–H groups in total. The third kappa shape index (κ3) is 2.01. The molecule has 2 aliphatic heterocycles. The van der Waals surface area contributed by atoms with E-state index in [1.54, 1.807) is 6.20 Å². The summed E-state index contributed by atoms with van der Waals surface area (Å²) in [5.74, 6) is 0.302. The fourth-order valence-corrected chi connectivity index (χ4v) is 4.39. The van der Waals surface area contributed by atoms with Crippen molar-refractivity contribution in [1.29, 1.82) is 0 Å². The molecule has 5 heteroatoms. The van der Waals surface area contributed by atoms with Gasteiger partial charge in [-0.05, 0) is 56.7 Å². The molecule has 0 aromatic carbocycles. The molecular formula is C16H24N4O. The highest BCUT2D eigenvalue weighted by atomic mass is 16.2. The molecule has 1 aromatic rings. The van der Waals surface area contributed by atoms with Crippen molar-refractivity contribution in [2.24, 2.45) is 5.41 Å². The molecule has 21 heavy (non-hydrogen) atoms. The minimum atomic E-state index is -0.454. The lowest BCUT2D eigenvalue weighted by Gasteiger charge is -2.41. The van der Waals surface area contributed by atoms with Gasteiger partial charge in [-0.1, -0.05) is 6.42 Å². The van der Waals surface area contributed by atoms with E-state index in [2.05, 4.69) is 15.3 Å². The second-order valence-corrected chi connectivity index (χ2v) is 7.06. The Balaban J connectivity index is 1.60. The molecule has 1 saturated carbocycles. The predicted molar refractivity (Wildman–Crippen MR) is 79.8 cm³/mol. The standard InChI is InChI=1S/C16H24N4O/c21-14(19-12-7-15(13-19)3-1-4-15)16(5-9-17-10-6-16)20-11-2-8-18-20/h2,8,11,17H,1,3-7,9-10,12-13H2. The van der Waals surface area contributed by atoms with Gasteiger partial charge in [-0.15, -0.1) is 0 Å².